The summed E-state index contributed by atoms with van der Waals surface area (Å²) in [6.45, 7) is 23.1. The molecule has 3 heterocycles. The van der Waals surface area contributed by atoms with Gasteiger partial charge in [-0.3, -0.25) is 4.57 Å². The Hall–Kier alpha value is -3.82. The number of nitrogens with zero attached hydrogens (tertiary/aromatic N) is 4. The predicted octanol–water partition coefficient (Wildman–Crippen LogP) is 8.74. The molecule has 54 heavy (non-hydrogen) atoms. The highest BCUT2D eigenvalue weighted by Crippen LogP contribution is 2.38. The molecular formula is C42H55BrN4O5Si2. The minimum absolute atomic E-state index is 0.0175. The zero-order valence-corrected chi connectivity index (χ0v) is 36.6. The average Bonchev–Trinajstić information content (AvgIpc) is 3.41. The normalized spacial score (nSPS) is 12.9. The van der Waals surface area contributed by atoms with Gasteiger partial charge >= 0.3 is 5.69 Å². The van der Waals surface area contributed by atoms with Crippen LogP contribution in [0.4, 0.5) is 0 Å². The highest BCUT2D eigenvalue weighted by Gasteiger charge is 2.50. The van der Waals surface area contributed by atoms with E-state index in [0.29, 0.717) is 52.9 Å². The van der Waals surface area contributed by atoms with Gasteiger partial charge in [0.15, 0.2) is 11.5 Å². The summed E-state index contributed by atoms with van der Waals surface area (Å²) in [5, 5.41) is 2.41. The maximum absolute atomic E-state index is 14.2. The highest BCUT2D eigenvalue weighted by atomic mass is 79.9. The van der Waals surface area contributed by atoms with Gasteiger partial charge in [0.05, 0.1) is 11.1 Å². The molecule has 0 bridgehead atoms. The van der Waals surface area contributed by atoms with E-state index in [-0.39, 0.29) is 23.6 Å². The van der Waals surface area contributed by atoms with Crippen LogP contribution in [0.25, 0.3) is 17.0 Å². The van der Waals surface area contributed by atoms with E-state index in [1.807, 2.05) is 13.0 Å². The van der Waals surface area contributed by atoms with Gasteiger partial charge < -0.3 is 18.6 Å². The van der Waals surface area contributed by atoms with Crippen LogP contribution in [-0.4, -0.2) is 61.4 Å². The summed E-state index contributed by atoms with van der Waals surface area (Å²) in [4.78, 5) is 23.6. The van der Waals surface area contributed by atoms with Crippen molar-refractivity contribution in [2.45, 2.75) is 91.0 Å². The van der Waals surface area contributed by atoms with Gasteiger partial charge in [-0.05, 0) is 75.7 Å². The standard InChI is InChI=1S/C42H55BrN4O5Si2/c1-31(2)29-51-36-24-25-44-40-38(36)47(41(48)46(40)30-49-27-28-53(7,8)9)39-35(43)22-23-37(45-39)50-26-16-17-32(3)52-54(42(4,5)6,33-18-12-10-13-19-33)34-20-14-11-15-21-34/h10-15,18-25,32H,1,16-17,26-30H2,2-9H3. The number of imidazole rings is 1. The zero-order chi connectivity index (χ0) is 39.1. The summed E-state index contributed by atoms with van der Waals surface area (Å²) in [6.07, 6.45) is 3.17. The Kier molecular flexibility index (Phi) is 13.6. The number of hydrogen-bond acceptors (Lipinski definition) is 7. The first-order valence-corrected chi connectivity index (χ1v) is 25.1. The second kappa shape index (κ2) is 17.8. The van der Waals surface area contributed by atoms with E-state index in [4.69, 9.17) is 23.6 Å². The second-order valence-electron chi connectivity index (χ2n) is 16.2. The van der Waals surface area contributed by atoms with Crippen molar-refractivity contribution in [1.82, 2.24) is 19.1 Å². The van der Waals surface area contributed by atoms with Crippen LogP contribution in [0, 0.1) is 0 Å². The van der Waals surface area contributed by atoms with Crippen LogP contribution in [0.1, 0.15) is 47.5 Å². The average molecular weight is 832 g/mol. The van der Waals surface area contributed by atoms with Crippen molar-refractivity contribution in [1.29, 1.82) is 0 Å². The molecule has 288 valence electrons. The number of pyridine rings is 2. The first-order valence-electron chi connectivity index (χ1n) is 18.7. The largest absolute Gasteiger partial charge is 0.487 e. The smallest absolute Gasteiger partial charge is 0.338 e. The molecule has 0 spiro atoms. The van der Waals surface area contributed by atoms with E-state index in [0.717, 1.165) is 24.5 Å². The van der Waals surface area contributed by atoms with Crippen molar-refractivity contribution in [3.05, 3.63) is 112 Å². The first kappa shape index (κ1) is 41.3. The first-order chi connectivity index (χ1) is 25.6. The number of rotatable bonds is 18. The number of hydrogen-bond donors (Lipinski definition) is 0. The molecule has 9 nitrogen and oxygen atoms in total. The van der Waals surface area contributed by atoms with Crippen LogP contribution >= 0.6 is 15.9 Å². The second-order valence-corrected chi connectivity index (χ2v) is 26.9. The van der Waals surface area contributed by atoms with Crippen LogP contribution in [0.2, 0.25) is 30.7 Å². The maximum Gasteiger partial charge on any atom is 0.338 e. The van der Waals surface area contributed by atoms with Gasteiger partial charge in [-0.15, -0.1) is 0 Å². The molecule has 0 saturated heterocycles. The van der Waals surface area contributed by atoms with Gasteiger partial charge in [-0.1, -0.05) is 108 Å². The molecule has 12 heteroatoms. The molecule has 2 aromatic carbocycles. The summed E-state index contributed by atoms with van der Waals surface area (Å²) in [5.41, 5.74) is 1.46. The predicted molar refractivity (Wildman–Crippen MR) is 228 cm³/mol. The van der Waals surface area contributed by atoms with Crippen molar-refractivity contribution in [3.63, 3.8) is 0 Å². The van der Waals surface area contributed by atoms with Gasteiger partial charge in [0.2, 0.25) is 5.88 Å². The van der Waals surface area contributed by atoms with Crippen molar-refractivity contribution < 1.29 is 18.6 Å². The van der Waals surface area contributed by atoms with Gasteiger partial charge in [0.1, 0.15) is 24.6 Å². The Morgan fingerprint density at radius 1 is 0.926 bits per heavy atom. The van der Waals surface area contributed by atoms with Crippen LogP contribution in [-0.2, 0) is 15.9 Å². The molecule has 0 aliphatic carbocycles. The lowest BCUT2D eigenvalue weighted by atomic mass is 10.2. The molecule has 0 amide bonds. The Bertz CT molecular complexity index is 2040. The van der Waals surface area contributed by atoms with Crippen LogP contribution in [0.15, 0.2) is 106 Å². The third-order valence-corrected chi connectivity index (χ3v) is 16.8. The van der Waals surface area contributed by atoms with Crippen LogP contribution in [0.5, 0.6) is 11.6 Å². The quantitative estimate of drug-likeness (QED) is 0.0496. The molecule has 1 unspecified atom stereocenters. The van der Waals surface area contributed by atoms with E-state index in [1.165, 1.54) is 19.5 Å². The van der Waals surface area contributed by atoms with Gasteiger partial charge in [-0.25, -0.2) is 14.3 Å². The fourth-order valence-corrected chi connectivity index (χ4v) is 12.4. The molecule has 5 rings (SSSR count). The molecular weight excluding hydrogens is 777 g/mol. The summed E-state index contributed by atoms with van der Waals surface area (Å²) in [6, 6.07) is 27.8. The summed E-state index contributed by atoms with van der Waals surface area (Å²) in [7, 11) is -3.99. The zero-order valence-electron chi connectivity index (χ0n) is 33.0. The lowest BCUT2D eigenvalue weighted by molar-refractivity contribution is 0.0871. The van der Waals surface area contributed by atoms with E-state index in [2.05, 4.69) is 135 Å². The van der Waals surface area contributed by atoms with E-state index >= 15 is 0 Å². The summed E-state index contributed by atoms with van der Waals surface area (Å²) >= 11 is 3.65. The minimum atomic E-state index is -2.67. The molecule has 5 aromatic rings. The molecule has 3 aromatic heterocycles. The third kappa shape index (κ3) is 9.70. The Morgan fingerprint density at radius 2 is 1.57 bits per heavy atom. The molecule has 0 aliphatic rings. The number of fused-ring (bicyclic) bond motifs is 1. The Morgan fingerprint density at radius 3 is 2.17 bits per heavy atom. The Labute approximate surface area is 330 Å². The fourth-order valence-electron chi connectivity index (χ4n) is 6.56. The Balaban J connectivity index is 1.37. The minimum Gasteiger partial charge on any atom is -0.487 e. The number of benzene rings is 2. The highest BCUT2D eigenvalue weighted by molar-refractivity contribution is 9.10. The molecule has 0 fully saturated rings. The van der Waals surface area contributed by atoms with Gasteiger partial charge in [0.25, 0.3) is 8.32 Å². The van der Waals surface area contributed by atoms with Crippen molar-refractivity contribution in [3.8, 4) is 17.4 Å². The molecule has 0 aliphatic heterocycles. The summed E-state index contributed by atoms with van der Waals surface area (Å²) in [5.74, 6) is 1.27. The lowest BCUT2D eigenvalue weighted by Crippen LogP contribution is -2.67. The summed E-state index contributed by atoms with van der Waals surface area (Å²) < 4.78 is 29.3. The van der Waals surface area contributed by atoms with Gasteiger partial charge in [-0.2, -0.15) is 4.98 Å². The molecule has 0 N–H and O–H groups in total. The van der Waals surface area contributed by atoms with Crippen molar-refractivity contribution >= 4 is 53.9 Å². The van der Waals surface area contributed by atoms with Crippen LogP contribution < -0.4 is 25.5 Å². The maximum atomic E-state index is 14.2. The molecule has 0 radical (unpaired) electrons. The van der Waals surface area contributed by atoms with E-state index in [1.54, 1.807) is 18.3 Å². The SMILES string of the molecule is C=C(C)COc1ccnc2c1n(-c1nc(OCCCC(C)O[Si](c3ccccc3)(c3ccccc3)C(C)(C)C)ccc1Br)c(=O)n2COCC[Si](C)(C)C. The van der Waals surface area contributed by atoms with Gasteiger partial charge in [0, 0.05) is 39.1 Å². The number of halogens is 1. The molecule has 1 atom stereocenters. The fraction of sp³-hybridized carbons (Fsp3) is 0.405. The lowest BCUT2D eigenvalue weighted by Gasteiger charge is -2.44. The third-order valence-electron chi connectivity index (χ3n) is 9.27. The van der Waals surface area contributed by atoms with Crippen molar-refractivity contribution in [2.75, 3.05) is 19.8 Å². The van der Waals surface area contributed by atoms with E-state index in [9.17, 15) is 4.79 Å². The number of aromatic nitrogens is 4. The monoisotopic (exact) mass is 830 g/mol. The number of ether oxygens (including phenoxy) is 3. The molecule has 0 saturated carbocycles. The van der Waals surface area contributed by atoms with Crippen LogP contribution in [0.3, 0.4) is 0 Å². The van der Waals surface area contributed by atoms with Crippen molar-refractivity contribution in [2.24, 2.45) is 0 Å². The topological polar surface area (TPSA) is 89.6 Å². The van der Waals surface area contributed by atoms with E-state index < -0.39 is 16.4 Å².